The predicted octanol–water partition coefficient (Wildman–Crippen LogP) is 4.34. The molecule has 0 bridgehead atoms. The molecule has 1 amide bonds. The summed E-state index contributed by atoms with van der Waals surface area (Å²) in [6.07, 6.45) is 2.04. The van der Waals surface area contributed by atoms with Crippen LogP contribution in [0.2, 0.25) is 0 Å². The topological polar surface area (TPSA) is 51.2 Å². The third-order valence-corrected chi connectivity index (χ3v) is 4.95. The zero-order valence-electron chi connectivity index (χ0n) is 12.8. The molecule has 0 unspecified atom stereocenters. The third-order valence-electron chi connectivity index (χ3n) is 3.29. The van der Waals surface area contributed by atoms with E-state index in [2.05, 4.69) is 16.4 Å². The van der Waals surface area contributed by atoms with Gasteiger partial charge in [-0.1, -0.05) is 29.5 Å². The van der Waals surface area contributed by atoms with Gasteiger partial charge in [0.2, 0.25) is 0 Å². The number of rotatable bonds is 5. The summed E-state index contributed by atoms with van der Waals surface area (Å²) in [6.45, 7) is 1.92. The fraction of sp³-hybridized carbons (Fsp3) is 0.176. The number of carbonyl (C=O) groups is 1. The molecule has 0 saturated heterocycles. The quantitative estimate of drug-likeness (QED) is 0.699. The number of fused-ring (bicyclic) bond motifs is 1. The highest BCUT2D eigenvalue weighted by Gasteiger charge is 2.09. The Labute approximate surface area is 142 Å². The summed E-state index contributed by atoms with van der Waals surface area (Å²) in [7, 11) is 0. The van der Waals surface area contributed by atoms with E-state index in [9.17, 15) is 4.79 Å². The van der Waals surface area contributed by atoms with E-state index >= 15 is 0 Å². The van der Waals surface area contributed by atoms with Gasteiger partial charge in [-0.2, -0.15) is 0 Å². The van der Waals surface area contributed by atoms with E-state index in [0.717, 1.165) is 21.5 Å². The molecule has 4 nitrogen and oxygen atoms in total. The Balaban J connectivity index is 1.64. The van der Waals surface area contributed by atoms with Crippen LogP contribution in [-0.4, -0.2) is 23.8 Å². The first-order chi connectivity index (χ1) is 11.2. The highest BCUT2D eigenvalue weighted by Crippen LogP contribution is 2.29. The van der Waals surface area contributed by atoms with Crippen molar-refractivity contribution in [2.24, 2.45) is 0 Å². The smallest absolute Gasteiger partial charge is 0.264 e. The van der Waals surface area contributed by atoms with Gasteiger partial charge in [0.25, 0.3) is 5.91 Å². The van der Waals surface area contributed by atoms with Crippen LogP contribution >= 0.6 is 23.1 Å². The monoisotopic (exact) mass is 344 g/mol. The van der Waals surface area contributed by atoms with E-state index in [1.807, 2.05) is 49.6 Å². The average Bonchev–Trinajstić information content (AvgIpc) is 2.95. The minimum Gasteiger partial charge on any atom is -0.483 e. The standard InChI is InChI=1S/C17H16N2O2S2/c1-11-5-3-4-6-14(11)21-10-16(20)19-17-18-13-8-7-12(22-2)9-15(13)23-17/h3-9H,10H2,1-2H3,(H,18,19,20). The van der Waals surface area contributed by atoms with Crippen molar-refractivity contribution in [1.29, 1.82) is 0 Å². The summed E-state index contributed by atoms with van der Waals surface area (Å²) in [5.74, 6) is 0.508. The molecule has 23 heavy (non-hydrogen) atoms. The number of hydrogen-bond donors (Lipinski definition) is 1. The molecule has 1 aromatic heterocycles. The van der Waals surface area contributed by atoms with Gasteiger partial charge in [-0.3, -0.25) is 10.1 Å². The molecule has 6 heteroatoms. The van der Waals surface area contributed by atoms with Crippen molar-refractivity contribution in [2.45, 2.75) is 11.8 Å². The number of anilines is 1. The van der Waals surface area contributed by atoms with Crippen LogP contribution in [0.4, 0.5) is 5.13 Å². The maximum absolute atomic E-state index is 12.0. The average molecular weight is 344 g/mol. The van der Waals surface area contributed by atoms with E-state index in [1.54, 1.807) is 11.8 Å². The first kappa shape index (κ1) is 15.8. The lowest BCUT2D eigenvalue weighted by atomic mass is 10.2. The lowest BCUT2D eigenvalue weighted by Crippen LogP contribution is -2.20. The van der Waals surface area contributed by atoms with Crippen molar-refractivity contribution in [1.82, 2.24) is 4.98 Å². The summed E-state index contributed by atoms with van der Waals surface area (Å²) in [4.78, 5) is 17.6. The van der Waals surface area contributed by atoms with Crippen LogP contribution in [0.5, 0.6) is 5.75 Å². The first-order valence-corrected chi connectivity index (χ1v) is 9.12. The number of para-hydroxylation sites is 1. The Hall–Kier alpha value is -2.05. The zero-order valence-corrected chi connectivity index (χ0v) is 14.5. The predicted molar refractivity (Wildman–Crippen MR) is 96.7 cm³/mol. The second kappa shape index (κ2) is 7.02. The molecule has 0 saturated carbocycles. The highest BCUT2D eigenvalue weighted by molar-refractivity contribution is 7.98. The summed E-state index contributed by atoms with van der Waals surface area (Å²) < 4.78 is 6.60. The van der Waals surface area contributed by atoms with Crippen LogP contribution in [0, 0.1) is 6.92 Å². The molecule has 3 aromatic rings. The van der Waals surface area contributed by atoms with E-state index in [1.165, 1.54) is 16.2 Å². The van der Waals surface area contributed by atoms with Gasteiger partial charge in [-0.05, 0) is 43.0 Å². The largest absolute Gasteiger partial charge is 0.483 e. The maximum atomic E-state index is 12.0. The minimum absolute atomic E-state index is 0.0309. The fourth-order valence-electron chi connectivity index (χ4n) is 2.10. The van der Waals surface area contributed by atoms with Crippen LogP contribution in [0.25, 0.3) is 10.2 Å². The Bertz CT molecular complexity index is 845. The summed E-state index contributed by atoms with van der Waals surface area (Å²) in [5, 5.41) is 3.39. The van der Waals surface area contributed by atoms with Crippen LogP contribution in [0.15, 0.2) is 47.4 Å². The molecule has 0 fully saturated rings. The SMILES string of the molecule is CSc1ccc2nc(NC(=O)COc3ccccc3C)sc2c1. The van der Waals surface area contributed by atoms with Crippen molar-refractivity contribution < 1.29 is 9.53 Å². The van der Waals surface area contributed by atoms with Crippen molar-refractivity contribution in [3.8, 4) is 5.75 Å². The molecule has 0 atom stereocenters. The van der Waals surface area contributed by atoms with Crippen molar-refractivity contribution in [2.75, 3.05) is 18.2 Å². The number of aromatic nitrogens is 1. The first-order valence-electron chi connectivity index (χ1n) is 7.08. The molecule has 0 aliphatic carbocycles. The number of thiazole rings is 1. The molecular weight excluding hydrogens is 328 g/mol. The Morgan fingerprint density at radius 2 is 2.13 bits per heavy atom. The molecule has 0 spiro atoms. The summed E-state index contributed by atoms with van der Waals surface area (Å²) >= 11 is 3.15. The Morgan fingerprint density at radius 3 is 2.91 bits per heavy atom. The number of nitrogens with one attached hydrogen (secondary N) is 1. The maximum Gasteiger partial charge on any atom is 0.264 e. The van der Waals surface area contributed by atoms with Gasteiger partial charge in [-0.15, -0.1) is 11.8 Å². The number of thioether (sulfide) groups is 1. The van der Waals surface area contributed by atoms with Crippen LogP contribution in [-0.2, 0) is 4.79 Å². The fourth-order valence-corrected chi connectivity index (χ4v) is 3.54. The van der Waals surface area contributed by atoms with E-state index in [4.69, 9.17) is 4.74 Å². The zero-order chi connectivity index (χ0) is 16.2. The molecule has 3 rings (SSSR count). The van der Waals surface area contributed by atoms with Crippen LogP contribution in [0.1, 0.15) is 5.56 Å². The van der Waals surface area contributed by atoms with Gasteiger partial charge >= 0.3 is 0 Å². The molecule has 0 aliphatic heterocycles. The van der Waals surface area contributed by atoms with Gasteiger partial charge in [0.15, 0.2) is 11.7 Å². The molecule has 2 aromatic carbocycles. The Morgan fingerprint density at radius 1 is 1.30 bits per heavy atom. The van der Waals surface area contributed by atoms with Crippen molar-refractivity contribution >= 4 is 44.4 Å². The van der Waals surface area contributed by atoms with Crippen molar-refractivity contribution in [3.05, 3.63) is 48.0 Å². The number of amides is 1. The molecule has 1 heterocycles. The van der Waals surface area contributed by atoms with Gasteiger partial charge < -0.3 is 4.74 Å². The second-order valence-corrected chi connectivity index (χ2v) is 6.87. The third kappa shape index (κ3) is 3.83. The number of aryl methyl sites for hydroxylation is 1. The van der Waals surface area contributed by atoms with Crippen LogP contribution < -0.4 is 10.1 Å². The second-order valence-electron chi connectivity index (χ2n) is 4.96. The summed E-state index contributed by atoms with van der Waals surface area (Å²) in [6, 6.07) is 13.7. The van der Waals surface area contributed by atoms with Gasteiger partial charge in [-0.25, -0.2) is 4.98 Å². The van der Waals surface area contributed by atoms with E-state index in [0.29, 0.717) is 5.13 Å². The number of carbonyl (C=O) groups excluding carboxylic acids is 1. The molecular formula is C17H16N2O2S2. The molecule has 0 aliphatic rings. The number of ether oxygens (including phenoxy) is 1. The number of nitrogens with zero attached hydrogens (tertiary/aromatic N) is 1. The molecule has 1 N–H and O–H groups in total. The van der Waals surface area contributed by atoms with Gasteiger partial charge in [0.05, 0.1) is 10.2 Å². The van der Waals surface area contributed by atoms with Gasteiger partial charge in [0, 0.05) is 4.90 Å². The van der Waals surface area contributed by atoms with Gasteiger partial charge in [0.1, 0.15) is 5.75 Å². The van der Waals surface area contributed by atoms with Crippen molar-refractivity contribution in [3.63, 3.8) is 0 Å². The number of hydrogen-bond acceptors (Lipinski definition) is 5. The number of benzene rings is 2. The normalized spacial score (nSPS) is 10.7. The minimum atomic E-state index is -0.211. The summed E-state index contributed by atoms with van der Waals surface area (Å²) in [5.41, 5.74) is 1.90. The Kier molecular flexibility index (Phi) is 4.83. The van der Waals surface area contributed by atoms with Crippen LogP contribution in [0.3, 0.4) is 0 Å². The van der Waals surface area contributed by atoms with E-state index in [-0.39, 0.29) is 12.5 Å². The molecule has 0 radical (unpaired) electrons. The lowest BCUT2D eigenvalue weighted by Gasteiger charge is -2.07. The lowest BCUT2D eigenvalue weighted by molar-refractivity contribution is -0.118. The van der Waals surface area contributed by atoms with E-state index < -0.39 is 0 Å². The molecule has 118 valence electrons. The highest BCUT2D eigenvalue weighted by atomic mass is 32.2.